The third kappa shape index (κ3) is 5.90. The van der Waals surface area contributed by atoms with E-state index >= 15 is 0 Å². The van der Waals surface area contributed by atoms with Crippen LogP contribution in [0.3, 0.4) is 0 Å². The van der Waals surface area contributed by atoms with Gasteiger partial charge in [0.2, 0.25) is 5.91 Å². The predicted molar refractivity (Wildman–Crippen MR) is 121 cm³/mol. The summed E-state index contributed by atoms with van der Waals surface area (Å²) < 4.78 is 7.54. The van der Waals surface area contributed by atoms with Gasteiger partial charge in [-0.3, -0.25) is 14.7 Å². The first-order valence-electron chi connectivity index (χ1n) is 10.3. The average Bonchev–Trinajstić information content (AvgIpc) is 3.22. The standard InChI is InChI=1S/C22H26N6O2S/c1-17-2-4-19(5-3-17)24-20(29)16-31-22-26-25-21(18-6-8-23-9-7-18)28(22)11-10-27-12-14-30-15-13-27/h2-9H,10-16H2,1H3,(H,24,29). The monoisotopic (exact) mass is 438 g/mol. The summed E-state index contributed by atoms with van der Waals surface area (Å²) >= 11 is 1.40. The molecular formula is C22H26N6O2S. The van der Waals surface area contributed by atoms with Gasteiger partial charge < -0.3 is 14.6 Å². The van der Waals surface area contributed by atoms with Crippen LogP contribution in [0.15, 0.2) is 53.9 Å². The van der Waals surface area contributed by atoms with Gasteiger partial charge in [-0.25, -0.2) is 0 Å². The van der Waals surface area contributed by atoms with Crippen molar-refractivity contribution in [3.8, 4) is 11.4 Å². The Kier molecular flexibility index (Phi) is 7.29. The number of ether oxygens (including phenoxy) is 1. The molecule has 1 N–H and O–H groups in total. The van der Waals surface area contributed by atoms with Crippen LogP contribution < -0.4 is 5.32 Å². The second-order valence-electron chi connectivity index (χ2n) is 7.35. The van der Waals surface area contributed by atoms with E-state index < -0.39 is 0 Å². The van der Waals surface area contributed by atoms with E-state index in [-0.39, 0.29) is 11.7 Å². The Morgan fingerprint density at radius 2 is 1.81 bits per heavy atom. The number of morpholine rings is 1. The van der Waals surface area contributed by atoms with E-state index in [1.807, 2.05) is 43.3 Å². The topological polar surface area (TPSA) is 85.2 Å². The SMILES string of the molecule is Cc1ccc(NC(=O)CSc2nnc(-c3ccncc3)n2CCN2CCOCC2)cc1. The number of thioether (sulfide) groups is 1. The zero-order valence-corrected chi connectivity index (χ0v) is 18.3. The average molecular weight is 439 g/mol. The molecule has 2 aromatic heterocycles. The van der Waals surface area contributed by atoms with E-state index in [0.29, 0.717) is 0 Å². The van der Waals surface area contributed by atoms with Gasteiger partial charge in [0.15, 0.2) is 11.0 Å². The molecule has 0 aliphatic carbocycles. The molecule has 4 rings (SSSR count). The highest BCUT2D eigenvalue weighted by molar-refractivity contribution is 7.99. The van der Waals surface area contributed by atoms with Crippen LogP contribution in [0.25, 0.3) is 11.4 Å². The maximum absolute atomic E-state index is 12.4. The van der Waals surface area contributed by atoms with Crippen molar-refractivity contribution in [2.75, 3.05) is 43.9 Å². The molecule has 0 atom stereocenters. The summed E-state index contributed by atoms with van der Waals surface area (Å²) in [6, 6.07) is 11.6. The lowest BCUT2D eigenvalue weighted by Gasteiger charge is -2.27. The van der Waals surface area contributed by atoms with Crippen LogP contribution in [0, 0.1) is 6.92 Å². The van der Waals surface area contributed by atoms with Crippen molar-refractivity contribution >= 4 is 23.4 Å². The fourth-order valence-electron chi connectivity index (χ4n) is 3.34. The van der Waals surface area contributed by atoms with Crippen LogP contribution in [-0.2, 0) is 16.1 Å². The zero-order valence-electron chi connectivity index (χ0n) is 17.5. The number of carbonyl (C=O) groups is 1. The van der Waals surface area contributed by atoms with E-state index in [9.17, 15) is 4.79 Å². The molecule has 9 heteroatoms. The second kappa shape index (κ2) is 10.5. The van der Waals surface area contributed by atoms with Crippen molar-refractivity contribution in [3.05, 3.63) is 54.4 Å². The Bertz CT molecular complexity index is 987. The Labute approximate surface area is 186 Å². The van der Waals surface area contributed by atoms with Gasteiger partial charge in [0, 0.05) is 49.8 Å². The first-order valence-corrected chi connectivity index (χ1v) is 11.3. The number of carbonyl (C=O) groups excluding carboxylic acids is 1. The molecular weight excluding hydrogens is 412 g/mol. The molecule has 1 aliphatic rings. The normalized spacial score (nSPS) is 14.5. The zero-order chi connectivity index (χ0) is 21.5. The Morgan fingerprint density at radius 3 is 2.55 bits per heavy atom. The van der Waals surface area contributed by atoms with Crippen LogP contribution >= 0.6 is 11.8 Å². The van der Waals surface area contributed by atoms with Crippen molar-refractivity contribution in [1.29, 1.82) is 0 Å². The first kappa shape index (κ1) is 21.5. The van der Waals surface area contributed by atoms with Crippen LogP contribution in [0.5, 0.6) is 0 Å². The van der Waals surface area contributed by atoms with Crippen LogP contribution in [0.4, 0.5) is 5.69 Å². The summed E-state index contributed by atoms with van der Waals surface area (Å²) in [7, 11) is 0. The molecule has 3 aromatic rings. The minimum Gasteiger partial charge on any atom is -0.379 e. The first-order chi connectivity index (χ1) is 15.2. The highest BCUT2D eigenvalue weighted by atomic mass is 32.2. The third-order valence-electron chi connectivity index (χ3n) is 5.07. The summed E-state index contributed by atoms with van der Waals surface area (Å²) in [6.45, 7) is 7.02. The number of hydrogen-bond acceptors (Lipinski definition) is 7. The van der Waals surface area contributed by atoms with Gasteiger partial charge in [-0.1, -0.05) is 29.5 Å². The van der Waals surface area contributed by atoms with Gasteiger partial charge in [-0.15, -0.1) is 10.2 Å². The molecule has 0 bridgehead atoms. The lowest BCUT2D eigenvalue weighted by Crippen LogP contribution is -2.38. The van der Waals surface area contributed by atoms with E-state index in [0.717, 1.165) is 67.2 Å². The van der Waals surface area contributed by atoms with Gasteiger partial charge in [-0.05, 0) is 31.2 Å². The summed E-state index contributed by atoms with van der Waals surface area (Å²) in [5.74, 6) is 0.985. The molecule has 0 spiro atoms. The minimum atomic E-state index is -0.0676. The highest BCUT2D eigenvalue weighted by Crippen LogP contribution is 2.24. The molecule has 1 fully saturated rings. The van der Waals surface area contributed by atoms with E-state index in [4.69, 9.17) is 4.74 Å². The number of nitrogens with zero attached hydrogens (tertiary/aromatic N) is 5. The molecule has 1 amide bonds. The van der Waals surface area contributed by atoms with Gasteiger partial charge in [0.25, 0.3) is 0 Å². The molecule has 0 saturated carbocycles. The van der Waals surface area contributed by atoms with E-state index in [1.54, 1.807) is 12.4 Å². The number of nitrogens with one attached hydrogen (secondary N) is 1. The van der Waals surface area contributed by atoms with Crippen molar-refractivity contribution < 1.29 is 9.53 Å². The third-order valence-corrected chi connectivity index (χ3v) is 6.03. The molecule has 1 saturated heterocycles. The summed E-state index contributed by atoms with van der Waals surface area (Å²) in [5, 5.41) is 12.5. The maximum atomic E-state index is 12.4. The second-order valence-corrected chi connectivity index (χ2v) is 8.29. The van der Waals surface area contributed by atoms with Crippen LogP contribution in [0.1, 0.15) is 5.56 Å². The molecule has 3 heterocycles. The number of aromatic nitrogens is 4. The summed E-state index contributed by atoms with van der Waals surface area (Å²) in [5.41, 5.74) is 2.91. The Hall–Kier alpha value is -2.75. The van der Waals surface area contributed by atoms with Crippen LogP contribution in [0.2, 0.25) is 0 Å². The van der Waals surface area contributed by atoms with Gasteiger partial charge >= 0.3 is 0 Å². The van der Waals surface area contributed by atoms with Crippen molar-refractivity contribution in [2.24, 2.45) is 0 Å². The number of pyridine rings is 1. The molecule has 31 heavy (non-hydrogen) atoms. The van der Waals surface area contributed by atoms with Crippen molar-refractivity contribution in [2.45, 2.75) is 18.6 Å². The van der Waals surface area contributed by atoms with E-state index in [2.05, 4.69) is 30.0 Å². The molecule has 0 unspecified atom stereocenters. The fraction of sp³-hybridized carbons (Fsp3) is 0.364. The number of rotatable bonds is 8. The van der Waals surface area contributed by atoms with Gasteiger partial charge in [-0.2, -0.15) is 0 Å². The number of anilines is 1. The van der Waals surface area contributed by atoms with E-state index in [1.165, 1.54) is 11.8 Å². The summed E-state index contributed by atoms with van der Waals surface area (Å²) in [6.07, 6.45) is 3.50. The molecule has 0 radical (unpaired) electrons. The number of aryl methyl sites for hydroxylation is 1. The summed E-state index contributed by atoms with van der Waals surface area (Å²) in [4.78, 5) is 18.9. The number of amides is 1. The molecule has 8 nitrogen and oxygen atoms in total. The lowest BCUT2D eigenvalue weighted by atomic mass is 10.2. The van der Waals surface area contributed by atoms with Gasteiger partial charge in [0.05, 0.1) is 19.0 Å². The van der Waals surface area contributed by atoms with Crippen molar-refractivity contribution in [1.82, 2.24) is 24.6 Å². The largest absolute Gasteiger partial charge is 0.379 e. The van der Waals surface area contributed by atoms with Gasteiger partial charge in [0.1, 0.15) is 0 Å². The Balaban J connectivity index is 1.44. The highest BCUT2D eigenvalue weighted by Gasteiger charge is 2.18. The fourth-order valence-corrected chi connectivity index (χ4v) is 4.11. The number of benzene rings is 1. The maximum Gasteiger partial charge on any atom is 0.234 e. The quantitative estimate of drug-likeness (QED) is 0.541. The Morgan fingerprint density at radius 1 is 1.06 bits per heavy atom. The predicted octanol–water partition coefficient (Wildman–Crippen LogP) is 2.71. The minimum absolute atomic E-state index is 0.0676. The lowest BCUT2D eigenvalue weighted by molar-refractivity contribution is -0.113. The van der Waals surface area contributed by atoms with Crippen LogP contribution in [-0.4, -0.2) is 69.2 Å². The number of hydrogen-bond donors (Lipinski definition) is 1. The smallest absolute Gasteiger partial charge is 0.234 e. The molecule has 1 aromatic carbocycles. The molecule has 1 aliphatic heterocycles. The molecule has 162 valence electrons. The van der Waals surface area contributed by atoms with Crippen molar-refractivity contribution in [3.63, 3.8) is 0 Å².